The molecule has 10 heteroatoms. The number of carbonyl (C=O) groups excluding carboxylic acids is 4. The van der Waals surface area contributed by atoms with Gasteiger partial charge in [0.15, 0.2) is 0 Å². The van der Waals surface area contributed by atoms with E-state index >= 15 is 0 Å². The highest BCUT2D eigenvalue weighted by molar-refractivity contribution is 6.08. The smallest absolute Gasteiger partial charge is 0.337 e. The molecule has 30 heavy (non-hydrogen) atoms. The van der Waals surface area contributed by atoms with Crippen LogP contribution < -0.4 is 16.0 Å². The number of nitrogens with one attached hydrogen (secondary N) is 3. The van der Waals surface area contributed by atoms with Gasteiger partial charge in [-0.1, -0.05) is 19.1 Å². The van der Waals surface area contributed by atoms with Crippen LogP contribution in [0, 0.1) is 5.82 Å². The van der Waals surface area contributed by atoms with Crippen LogP contribution in [0.15, 0.2) is 35.5 Å². The van der Waals surface area contributed by atoms with E-state index in [9.17, 15) is 23.6 Å². The minimum Gasteiger partial charge on any atom is -0.463 e. The van der Waals surface area contributed by atoms with Crippen LogP contribution in [0.3, 0.4) is 0 Å². The molecule has 0 unspecified atom stereocenters. The quantitative estimate of drug-likeness (QED) is 0.478. The van der Waals surface area contributed by atoms with Crippen LogP contribution in [0.2, 0.25) is 0 Å². The Kier molecular flexibility index (Phi) is 5.77. The Bertz CT molecular complexity index is 930. The summed E-state index contributed by atoms with van der Waals surface area (Å²) < 4.78 is 18.4. The predicted molar refractivity (Wildman–Crippen MR) is 103 cm³/mol. The fraction of sp³-hybridized carbons (Fsp3) is 0.400. The summed E-state index contributed by atoms with van der Waals surface area (Å²) in [7, 11) is 0. The molecule has 1 saturated heterocycles. The summed E-state index contributed by atoms with van der Waals surface area (Å²) in [6.07, 6.45) is 0.230. The molecule has 2 atom stereocenters. The second kappa shape index (κ2) is 8.13. The van der Waals surface area contributed by atoms with Gasteiger partial charge in [-0.05, 0) is 38.0 Å². The summed E-state index contributed by atoms with van der Waals surface area (Å²) in [5.74, 6) is -1.67. The van der Waals surface area contributed by atoms with E-state index in [0.717, 1.165) is 4.90 Å². The maximum Gasteiger partial charge on any atom is 0.337 e. The Balaban J connectivity index is 1.97. The lowest BCUT2D eigenvalue weighted by Gasteiger charge is -2.29. The Labute approximate surface area is 172 Å². The van der Waals surface area contributed by atoms with Crippen LogP contribution >= 0.6 is 0 Å². The van der Waals surface area contributed by atoms with Crippen molar-refractivity contribution in [1.82, 2.24) is 20.9 Å². The second-order valence-electron chi connectivity index (χ2n) is 7.02. The summed E-state index contributed by atoms with van der Waals surface area (Å²) in [5, 5.41) is 7.74. The van der Waals surface area contributed by atoms with Crippen molar-refractivity contribution < 1.29 is 28.3 Å². The molecule has 3 N–H and O–H groups in total. The van der Waals surface area contributed by atoms with Crippen molar-refractivity contribution in [3.8, 4) is 0 Å². The number of urea groups is 2. The van der Waals surface area contributed by atoms with Crippen molar-refractivity contribution in [2.24, 2.45) is 0 Å². The highest BCUT2D eigenvalue weighted by Gasteiger charge is 2.51. The molecule has 0 spiro atoms. The molecule has 5 amide bonds. The molecule has 3 rings (SSSR count). The van der Waals surface area contributed by atoms with Crippen molar-refractivity contribution in [2.45, 2.75) is 38.8 Å². The van der Waals surface area contributed by atoms with E-state index < -0.39 is 41.3 Å². The number of rotatable bonds is 6. The van der Waals surface area contributed by atoms with E-state index in [2.05, 4.69) is 16.0 Å². The van der Waals surface area contributed by atoms with E-state index in [1.165, 1.54) is 24.3 Å². The normalized spacial score (nSPS) is 23.8. The summed E-state index contributed by atoms with van der Waals surface area (Å²) >= 11 is 0. The first-order valence-corrected chi connectivity index (χ1v) is 9.61. The van der Waals surface area contributed by atoms with Crippen molar-refractivity contribution >= 4 is 23.9 Å². The van der Waals surface area contributed by atoms with E-state index in [4.69, 9.17) is 4.74 Å². The largest absolute Gasteiger partial charge is 0.463 e. The SMILES string of the molecule is CCOC(=O)C1=C(CN2C(=O)N[C@](CC)(c3ccc(F)cc3)C2=O)NC(=O)N[C@@H]1C. The van der Waals surface area contributed by atoms with Gasteiger partial charge in [0.25, 0.3) is 5.91 Å². The molecule has 1 aromatic carbocycles. The number of amides is 5. The lowest BCUT2D eigenvalue weighted by Crippen LogP contribution is -2.52. The number of carbonyl (C=O) groups is 4. The summed E-state index contributed by atoms with van der Waals surface area (Å²) in [6, 6.07) is 3.41. The first-order valence-electron chi connectivity index (χ1n) is 9.61. The molecule has 2 aliphatic rings. The van der Waals surface area contributed by atoms with Crippen LogP contribution in [0.25, 0.3) is 0 Å². The molecular weight excluding hydrogens is 395 g/mol. The molecule has 0 saturated carbocycles. The third-order valence-corrected chi connectivity index (χ3v) is 5.22. The Morgan fingerprint density at radius 2 is 1.87 bits per heavy atom. The molecule has 2 heterocycles. The van der Waals surface area contributed by atoms with Crippen molar-refractivity contribution in [3.63, 3.8) is 0 Å². The highest BCUT2D eigenvalue weighted by Crippen LogP contribution is 2.33. The summed E-state index contributed by atoms with van der Waals surface area (Å²) in [4.78, 5) is 51.2. The van der Waals surface area contributed by atoms with Gasteiger partial charge >= 0.3 is 18.0 Å². The van der Waals surface area contributed by atoms with E-state index in [0.29, 0.717) is 5.56 Å². The van der Waals surface area contributed by atoms with Gasteiger partial charge in [0, 0.05) is 0 Å². The number of hydrogen-bond donors (Lipinski definition) is 3. The average molecular weight is 418 g/mol. The molecule has 0 aromatic heterocycles. The van der Waals surface area contributed by atoms with Crippen molar-refractivity contribution in [1.29, 1.82) is 0 Å². The van der Waals surface area contributed by atoms with Crippen LogP contribution in [-0.2, 0) is 19.9 Å². The van der Waals surface area contributed by atoms with Gasteiger partial charge in [-0.3, -0.25) is 9.69 Å². The minimum absolute atomic E-state index is 0.110. The number of esters is 1. The first-order chi connectivity index (χ1) is 14.2. The maximum atomic E-state index is 13.3. The molecule has 1 fully saturated rings. The topological polar surface area (TPSA) is 117 Å². The number of benzene rings is 1. The van der Waals surface area contributed by atoms with Gasteiger partial charge in [-0.25, -0.2) is 18.8 Å². The monoisotopic (exact) mass is 418 g/mol. The van der Waals surface area contributed by atoms with E-state index in [1.54, 1.807) is 20.8 Å². The third-order valence-electron chi connectivity index (χ3n) is 5.22. The van der Waals surface area contributed by atoms with Gasteiger partial charge in [-0.2, -0.15) is 0 Å². The van der Waals surface area contributed by atoms with Gasteiger partial charge in [0.05, 0.1) is 30.5 Å². The van der Waals surface area contributed by atoms with Crippen molar-refractivity contribution in [2.75, 3.05) is 13.2 Å². The maximum absolute atomic E-state index is 13.3. The zero-order valence-electron chi connectivity index (χ0n) is 16.9. The van der Waals surface area contributed by atoms with Crippen LogP contribution in [0.1, 0.15) is 32.8 Å². The van der Waals surface area contributed by atoms with Crippen LogP contribution in [-0.4, -0.2) is 48.0 Å². The van der Waals surface area contributed by atoms with Crippen molar-refractivity contribution in [3.05, 3.63) is 46.9 Å². The van der Waals surface area contributed by atoms with Crippen LogP contribution in [0.5, 0.6) is 0 Å². The van der Waals surface area contributed by atoms with E-state index in [1.807, 2.05) is 0 Å². The molecule has 0 bridgehead atoms. The zero-order valence-corrected chi connectivity index (χ0v) is 16.9. The van der Waals surface area contributed by atoms with Gasteiger partial charge in [0.1, 0.15) is 11.4 Å². The molecule has 2 aliphatic heterocycles. The Morgan fingerprint density at radius 1 is 1.20 bits per heavy atom. The fourth-order valence-electron chi connectivity index (χ4n) is 3.71. The number of imide groups is 1. The predicted octanol–water partition coefficient (Wildman–Crippen LogP) is 1.50. The lowest BCUT2D eigenvalue weighted by molar-refractivity contribution is -0.139. The standard InChI is InChI=1S/C20H23FN4O5/c1-4-20(12-6-8-13(21)9-7-12)17(27)25(19(29)24-20)10-14-15(16(26)30-5-2)11(3)22-18(28)23-14/h6-9,11H,4-5,10H2,1-3H3,(H,24,29)(H2,22,23,28)/t11-,20-/m1/s1. The number of hydrogen-bond acceptors (Lipinski definition) is 5. The molecule has 0 radical (unpaired) electrons. The third kappa shape index (κ3) is 3.60. The number of halogens is 1. The molecular formula is C20H23FN4O5. The molecule has 0 aliphatic carbocycles. The Morgan fingerprint density at radius 3 is 2.47 bits per heavy atom. The van der Waals surface area contributed by atoms with Gasteiger partial charge in [0.2, 0.25) is 0 Å². The number of nitrogens with zero attached hydrogens (tertiary/aromatic N) is 1. The Hall–Kier alpha value is -3.43. The highest BCUT2D eigenvalue weighted by atomic mass is 19.1. The molecule has 160 valence electrons. The van der Waals surface area contributed by atoms with E-state index in [-0.39, 0.29) is 30.8 Å². The molecule has 1 aromatic rings. The number of ether oxygens (including phenoxy) is 1. The summed E-state index contributed by atoms with van der Waals surface area (Å²) in [6.45, 7) is 4.78. The lowest BCUT2D eigenvalue weighted by atomic mass is 9.87. The minimum atomic E-state index is -1.36. The molecule has 9 nitrogen and oxygen atoms in total. The van der Waals surface area contributed by atoms with Crippen LogP contribution in [0.4, 0.5) is 14.0 Å². The fourth-order valence-corrected chi connectivity index (χ4v) is 3.71. The van der Waals surface area contributed by atoms with Gasteiger partial charge in [-0.15, -0.1) is 0 Å². The summed E-state index contributed by atoms with van der Waals surface area (Å²) in [5.41, 5.74) is -0.681. The second-order valence-corrected chi connectivity index (χ2v) is 7.02. The zero-order chi connectivity index (χ0) is 22.1. The average Bonchev–Trinajstić information content (AvgIpc) is 2.93. The van der Waals surface area contributed by atoms with Gasteiger partial charge < -0.3 is 20.7 Å². The first kappa shape index (κ1) is 21.3.